The molecular weight excluding hydrogens is 338 g/mol. The number of likely N-dealkylation sites (tertiary alicyclic amines) is 1. The second-order valence-electron chi connectivity index (χ2n) is 6.63. The summed E-state index contributed by atoms with van der Waals surface area (Å²) >= 11 is 0. The number of hydrogen-bond donors (Lipinski definition) is 1. The van der Waals surface area contributed by atoms with Crippen molar-refractivity contribution < 1.29 is 14.3 Å². The van der Waals surface area contributed by atoms with Gasteiger partial charge in [-0.15, -0.1) is 0 Å². The highest BCUT2D eigenvalue weighted by Crippen LogP contribution is 2.24. The third-order valence-electron chi connectivity index (χ3n) is 5.01. The second-order valence-corrected chi connectivity index (χ2v) is 6.63. The van der Waals surface area contributed by atoms with Crippen LogP contribution >= 0.6 is 0 Å². The number of amides is 1. The van der Waals surface area contributed by atoms with Crippen molar-refractivity contribution in [2.24, 2.45) is 0 Å². The molecule has 0 aliphatic carbocycles. The van der Waals surface area contributed by atoms with Crippen molar-refractivity contribution >= 4 is 16.8 Å². The maximum Gasteiger partial charge on any atom is 0.329 e. The fourth-order valence-electron chi connectivity index (χ4n) is 3.72. The van der Waals surface area contributed by atoms with Gasteiger partial charge in [0, 0.05) is 6.54 Å². The molecule has 0 radical (unpaired) electrons. The van der Waals surface area contributed by atoms with Gasteiger partial charge < -0.3 is 19.4 Å². The van der Waals surface area contributed by atoms with E-state index in [0.717, 1.165) is 23.8 Å². The lowest BCUT2D eigenvalue weighted by molar-refractivity contribution is -0.151. The van der Waals surface area contributed by atoms with Crippen LogP contribution in [0, 0.1) is 0 Å². The molecule has 2 aliphatic heterocycles. The summed E-state index contributed by atoms with van der Waals surface area (Å²) in [4.78, 5) is 42.2. The van der Waals surface area contributed by atoms with Crippen LogP contribution in [0.2, 0.25) is 0 Å². The van der Waals surface area contributed by atoms with Gasteiger partial charge in [0.05, 0.1) is 30.2 Å². The molecule has 2 aromatic rings. The molecule has 1 amide bonds. The number of hydrogen-bond acceptors (Lipinski definition) is 5. The van der Waals surface area contributed by atoms with Gasteiger partial charge in [-0.3, -0.25) is 14.2 Å². The van der Waals surface area contributed by atoms with E-state index in [0.29, 0.717) is 30.7 Å². The van der Waals surface area contributed by atoms with E-state index >= 15 is 0 Å². The van der Waals surface area contributed by atoms with Crippen LogP contribution in [0.15, 0.2) is 33.9 Å². The highest BCUT2D eigenvalue weighted by atomic mass is 16.7. The van der Waals surface area contributed by atoms with Crippen molar-refractivity contribution in [1.82, 2.24) is 14.5 Å². The molecule has 1 N–H and O–H groups in total. The highest BCUT2D eigenvalue weighted by molar-refractivity contribution is 5.79. The number of piperidine rings is 1. The Morgan fingerprint density at radius 3 is 2.73 bits per heavy atom. The SMILES string of the molecule is O=C(Cn1c(=O)[nH]c2ccccc2c1=O)N1CCCCC1C1OCCO1. The van der Waals surface area contributed by atoms with Gasteiger partial charge in [-0.05, 0) is 31.4 Å². The Morgan fingerprint density at radius 1 is 1.15 bits per heavy atom. The van der Waals surface area contributed by atoms with Crippen molar-refractivity contribution in [2.75, 3.05) is 19.8 Å². The summed E-state index contributed by atoms with van der Waals surface area (Å²) in [5.74, 6) is -0.267. The zero-order chi connectivity index (χ0) is 18.1. The smallest absolute Gasteiger partial charge is 0.329 e. The average Bonchev–Trinajstić information content (AvgIpc) is 3.19. The van der Waals surface area contributed by atoms with Gasteiger partial charge in [-0.1, -0.05) is 12.1 Å². The summed E-state index contributed by atoms with van der Waals surface area (Å²) in [5, 5.41) is 0.387. The zero-order valence-electron chi connectivity index (χ0n) is 14.3. The van der Waals surface area contributed by atoms with E-state index in [2.05, 4.69) is 4.98 Å². The molecule has 2 fully saturated rings. The molecule has 0 spiro atoms. The minimum Gasteiger partial charge on any atom is -0.348 e. The number of benzene rings is 1. The number of aromatic amines is 1. The Morgan fingerprint density at radius 2 is 1.92 bits per heavy atom. The molecule has 4 rings (SSSR count). The molecule has 1 aromatic carbocycles. The number of nitrogens with zero attached hydrogens (tertiary/aromatic N) is 2. The van der Waals surface area contributed by atoms with E-state index in [4.69, 9.17) is 9.47 Å². The molecule has 3 heterocycles. The van der Waals surface area contributed by atoms with Crippen molar-refractivity contribution in [3.8, 4) is 0 Å². The molecule has 8 nitrogen and oxygen atoms in total. The Balaban J connectivity index is 1.62. The van der Waals surface area contributed by atoms with E-state index in [1.165, 1.54) is 0 Å². The fourth-order valence-corrected chi connectivity index (χ4v) is 3.72. The molecule has 138 valence electrons. The van der Waals surface area contributed by atoms with E-state index < -0.39 is 17.5 Å². The summed E-state index contributed by atoms with van der Waals surface area (Å²) in [6.45, 7) is 1.33. The van der Waals surface area contributed by atoms with E-state index in [1.807, 2.05) is 0 Å². The lowest BCUT2D eigenvalue weighted by Gasteiger charge is -2.38. The fraction of sp³-hybridized carbons (Fsp3) is 0.500. The van der Waals surface area contributed by atoms with Gasteiger partial charge in [-0.25, -0.2) is 4.79 Å². The van der Waals surface area contributed by atoms with Crippen LogP contribution in [-0.2, 0) is 20.8 Å². The first kappa shape index (κ1) is 17.0. The topological polar surface area (TPSA) is 93.6 Å². The Kier molecular flexibility index (Phi) is 4.60. The summed E-state index contributed by atoms with van der Waals surface area (Å²) in [7, 11) is 0. The van der Waals surface area contributed by atoms with Crippen LogP contribution in [0.25, 0.3) is 10.9 Å². The van der Waals surface area contributed by atoms with Crippen LogP contribution < -0.4 is 11.2 Å². The molecule has 1 unspecified atom stereocenters. The van der Waals surface area contributed by atoms with Crippen LogP contribution in [0.1, 0.15) is 19.3 Å². The van der Waals surface area contributed by atoms with Gasteiger partial charge in [-0.2, -0.15) is 0 Å². The van der Waals surface area contributed by atoms with Gasteiger partial charge >= 0.3 is 5.69 Å². The third kappa shape index (κ3) is 3.06. The monoisotopic (exact) mass is 359 g/mol. The summed E-state index contributed by atoms with van der Waals surface area (Å²) in [6, 6.07) is 6.60. The highest BCUT2D eigenvalue weighted by Gasteiger charge is 2.36. The normalized spacial score (nSPS) is 21.4. The molecular formula is C18H21N3O5. The predicted molar refractivity (Wildman–Crippen MR) is 93.9 cm³/mol. The van der Waals surface area contributed by atoms with Gasteiger partial charge in [0.15, 0.2) is 6.29 Å². The predicted octanol–water partition coefficient (Wildman–Crippen LogP) is 0.444. The number of nitrogens with one attached hydrogen (secondary N) is 1. The van der Waals surface area contributed by atoms with Crippen LogP contribution in [-0.4, -0.2) is 52.4 Å². The van der Waals surface area contributed by atoms with Crippen molar-refractivity contribution in [3.63, 3.8) is 0 Å². The number of para-hydroxylation sites is 1. The number of rotatable bonds is 3. The van der Waals surface area contributed by atoms with Crippen LogP contribution in [0.5, 0.6) is 0 Å². The molecule has 0 bridgehead atoms. The Hall–Kier alpha value is -2.45. The molecule has 26 heavy (non-hydrogen) atoms. The minimum absolute atomic E-state index is 0.172. The van der Waals surface area contributed by atoms with Crippen molar-refractivity contribution in [2.45, 2.75) is 38.1 Å². The largest absolute Gasteiger partial charge is 0.348 e. The van der Waals surface area contributed by atoms with Crippen LogP contribution in [0.3, 0.4) is 0 Å². The van der Waals surface area contributed by atoms with E-state index in [9.17, 15) is 14.4 Å². The number of H-pyrrole nitrogens is 1. The second kappa shape index (κ2) is 7.05. The minimum atomic E-state index is -0.580. The number of aromatic nitrogens is 2. The third-order valence-corrected chi connectivity index (χ3v) is 5.01. The summed E-state index contributed by atoms with van der Waals surface area (Å²) < 4.78 is 12.1. The van der Waals surface area contributed by atoms with E-state index in [-0.39, 0.29) is 18.5 Å². The molecule has 8 heteroatoms. The number of ether oxygens (including phenoxy) is 2. The molecule has 1 atom stereocenters. The maximum absolute atomic E-state index is 12.9. The lowest BCUT2D eigenvalue weighted by atomic mass is 10.0. The number of carbonyl (C=O) groups is 1. The van der Waals surface area contributed by atoms with E-state index in [1.54, 1.807) is 29.2 Å². The van der Waals surface area contributed by atoms with Crippen molar-refractivity contribution in [1.29, 1.82) is 0 Å². The van der Waals surface area contributed by atoms with Gasteiger partial charge in [0.25, 0.3) is 5.56 Å². The summed E-state index contributed by atoms with van der Waals surface area (Å²) in [6.07, 6.45) is 2.25. The van der Waals surface area contributed by atoms with Gasteiger partial charge in [0.2, 0.25) is 5.91 Å². The zero-order valence-corrected chi connectivity index (χ0v) is 14.3. The Bertz CT molecular complexity index is 928. The number of carbonyl (C=O) groups excluding carboxylic acids is 1. The first-order chi connectivity index (χ1) is 12.6. The summed E-state index contributed by atoms with van der Waals surface area (Å²) in [5.41, 5.74) is -0.571. The molecule has 1 aromatic heterocycles. The first-order valence-corrected chi connectivity index (χ1v) is 8.90. The van der Waals surface area contributed by atoms with Crippen LogP contribution in [0.4, 0.5) is 0 Å². The quantitative estimate of drug-likeness (QED) is 0.858. The maximum atomic E-state index is 12.9. The first-order valence-electron chi connectivity index (χ1n) is 8.90. The van der Waals surface area contributed by atoms with Gasteiger partial charge in [0.1, 0.15) is 6.54 Å². The number of fused-ring (bicyclic) bond motifs is 1. The molecule has 0 saturated carbocycles. The van der Waals surface area contributed by atoms with Crippen molar-refractivity contribution in [3.05, 3.63) is 45.1 Å². The lowest BCUT2D eigenvalue weighted by Crippen LogP contribution is -2.52. The Labute approximate surface area is 149 Å². The average molecular weight is 359 g/mol. The standard InChI is InChI=1S/C18H21N3O5/c22-15(20-8-4-3-7-14(20)17-25-9-10-26-17)11-21-16(23)12-5-1-2-6-13(12)19-18(21)24/h1-2,5-6,14,17H,3-4,7-11H2,(H,19,24). The molecule has 2 saturated heterocycles. The molecule has 2 aliphatic rings.